The number of carbonyl (C=O) groups excluding carboxylic acids is 2. The molecule has 8 heteroatoms. The molecule has 3 aromatic carbocycles. The monoisotopic (exact) mass is 466 g/mol. The highest BCUT2D eigenvalue weighted by Crippen LogP contribution is 2.35. The Morgan fingerprint density at radius 1 is 1.00 bits per heavy atom. The number of rotatable bonds is 5. The van der Waals surface area contributed by atoms with Crippen LogP contribution in [0.1, 0.15) is 12.8 Å². The van der Waals surface area contributed by atoms with Crippen LogP contribution >= 0.6 is 11.6 Å². The van der Waals surface area contributed by atoms with Crippen molar-refractivity contribution in [3.05, 3.63) is 59.6 Å². The van der Waals surface area contributed by atoms with Crippen molar-refractivity contribution in [1.29, 1.82) is 0 Å². The second-order valence-electron chi connectivity index (χ2n) is 8.09. The van der Waals surface area contributed by atoms with Gasteiger partial charge in [0, 0.05) is 46.6 Å². The number of likely N-dealkylation sites (tertiary alicyclic amines) is 1. The maximum absolute atomic E-state index is 12.7. The SMILES string of the molecule is O=C(Nc1ccc2c(c1)OCO2)C1CCN(C(=O)COc2ccc(Cl)c3ccccc23)CC1. The number of anilines is 1. The van der Waals surface area contributed by atoms with Crippen LogP contribution in [0.2, 0.25) is 5.02 Å². The third kappa shape index (κ3) is 4.54. The summed E-state index contributed by atoms with van der Waals surface area (Å²) >= 11 is 6.25. The van der Waals surface area contributed by atoms with Crippen molar-refractivity contribution in [3.8, 4) is 17.2 Å². The Hall–Kier alpha value is -3.45. The van der Waals surface area contributed by atoms with Gasteiger partial charge in [-0.15, -0.1) is 0 Å². The van der Waals surface area contributed by atoms with Crippen LogP contribution in [0.15, 0.2) is 54.6 Å². The minimum Gasteiger partial charge on any atom is -0.483 e. The molecule has 170 valence electrons. The fraction of sp³-hybridized carbons (Fsp3) is 0.280. The first-order valence-electron chi connectivity index (χ1n) is 10.9. The van der Waals surface area contributed by atoms with E-state index in [0.29, 0.717) is 53.9 Å². The molecule has 0 unspecified atom stereocenters. The molecule has 0 aliphatic carbocycles. The molecule has 5 rings (SSSR count). The Morgan fingerprint density at radius 3 is 2.58 bits per heavy atom. The third-order valence-corrected chi connectivity index (χ3v) is 6.37. The van der Waals surface area contributed by atoms with E-state index >= 15 is 0 Å². The van der Waals surface area contributed by atoms with Gasteiger partial charge in [0.15, 0.2) is 18.1 Å². The van der Waals surface area contributed by atoms with Crippen LogP contribution in [-0.2, 0) is 9.59 Å². The van der Waals surface area contributed by atoms with Crippen molar-refractivity contribution in [2.75, 3.05) is 31.8 Å². The highest BCUT2D eigenvalue weighted by atomic mass is 35.5. The van der Waals surface area contributed by atoms with E-state index in [9.17, 15) is 9.59 Å². The number of benzene rings is 3. The zero-order chi connectivity index (χ0) is 22.8. The van der Waals surface area contributed by atoms with Gasteiger partial charge in [-0.2, -0.15) is 0 Å². The standard InChI is InChI=1S/C25H23ClN2O5/c26-20-6-8-21(19-4-2-1-3-18(19)20)31-14-24(29)28-11-9-16(10-12-28)25(30)27-17-5-7-22-23(13-17)33-15-32-22/h1-8,13,16H,9-12,14-15H2,(H,27,30). The van der Waals surface area contributed by atoms with Crippen molar-refractivity contribution >= 4 is 39.9 Å². The van der Waals surface area contributed by atoms with Crippen molar-refractivity contribution in [2.24, 2.45) is 5.92 Å². The summed E-state index contributed by atoms with van der Waals surface area (Å²) in [6, 6.07) is 16.6. The second kappa shape index (κ2) is 9.19. The van der Waals surface area contributed by atoms with Gasteiger partial charge in [-0.25, -0.2) is 0 Å². The number of amides is 2. The molecule has 33 heavy (non-hydrogen) atoms. The minimum atomic E-state index is -0.152. The van der Waals surface area contributed by atoms with Gasteiger partial charge in [0.05, 0.1) is 0 Å². The molecular weight excluding hydrogens is 444 g/mol. The zero-order valence-corrected chi connectivity index (χ0v) is 18.6. The summed E-state index contributed by atoms with van der Waals surface area (Å²) in [5.74, 6) is 1.63. The lowest BCUT2D eigenvalue weighted by Crippen LogP contribution is -2.43. The van der Waals surface area contributed by atoms with E-state index in [1.165, 1.54) is 0 Å². The summed E-state index contributed by atoms with van der Waals surface area (Å²) in [7, 11) is 0. The van der Waals surface area contributed by atoms with Gasteiger partial charge < -0.3 is 24.4 Å². The fourth-order valence-corrected chi connectivity index (χ4v) is 4.43. The summed E-state index contributed by atoms with van der Waals surface area (Å²) in [5.41, 5.74) is 0.673. The van der Waals surface area contributed by atoms with E-state index in [0.717, 1.165) is 10.8 Å². The van der Waals surface area contributed by atoms with Crippen molar-refractivity contribution in [3.63, 3.8) is 0 Å². The molecule has 0 saturated carbocycles. The van der Waals surface area contributed by atoms with E-state index in [1.54, 1.807) is 35.2 Å². The molecule has 7 nitrogen and oxygen atoms in total. The van der Waals surface area contributed by atoms with E-state index in [4.69, 9.17) is 25.8 Å². The maximum atomic E-state index is 12.7. The first kappa shape index (κ1) is 21.4. The first-order valence-corrected chi connectivity index (χ1v) is 11.2. The number of fused-ring (bicyclic) bond motifs is 2. The second-order valence-corrected chi connectivity index (χ2v) is 8.50. The highest BCUT2D eigenvalue weighted by Gasteiger charge is 2.28. The molecule has 2 aliphatic heterocycles. The first-order chi connectivity index (χ1) is 16.1. The van der Waals surface area contributed by atoms with Crippen molar-refractivity contribution in [2.45, 2.75) is 12.8 Å². The average Bonchev–Trinajstić information content (AvgIpc) is 3.32. The van der Waals surface area contributed by atoms with Gasteiger partial charge in [0.1, 0.15) is 5.75 Å². The number of carbonyl (C=O) groups is 2. The lowest BCUT2D eigenvalue weighted by atomic mass is 9.95. The van der Waals surface area contributed by atoms with E-state index in [1.807, 2.05) is 24.3 Å². The van der Waals surface area contributed by atoms with Crippen LogP contribution in [0.25, 0.3) is 10.8 Å². The molecule has 1 N–H and O–H groups in total. The predicted octanol–water partition coefficient (Wildman–Crippen LogP) is 4.48. The van der Waals surface area contributed by atoms with Gasteiger partial charge in [-0.3, -0.25) is 9.59 Å². The normalized spacial score (nSPS) is 15.5. The van der Waals surface area contributed by atoms with Gasteiger partial charge in [0.25, 0.3) is 5.91 Å². The van der Waals surface area contributed by atoms with Crippen molar-refractivity contribution in [1.82, 2.24) is 4.90 Å². The van der Waals surface area contributed by atoms with E-state index < -0.39 is 0 Å². The zero-order valence-electron chi connectivity index (χ0n) is 17.9. The molecule has 2 amide bonds. The van der Waals surface area contributed by atoms with Crippen LogP contribution in [0.3, 0.4) is 0 Å². The molecule has 0 radical (unpaired) electrons. The smallest absolute Gasteiger partial charge is 0.260 e. The molecule has 2 aliphatic rings. The Labute approximate surface area is 196 Å². The third-order valence-electron chi connectivity index (χ3n) is 6.04. The van der Waals surface area contributed by atoms with E-state index in [-0.39, 0.29) is 31.1 Å². The number of halogens is 1. The van der Waals surface area contributed by atoms with Crippen LogP contribution in [0.5, 0.6) is 17.2 Å². The van der Waals surface area contributed by atoms with Crippen LogP contribution < -0.4 is 19.5 Å². The van der Waals surface area contributed by atoms with Crippen LogP contribution in [-0.4, -0.2) is 43.2 Å². The van der Waals surface area contributed by atoms with Crippen LogP contribution in [0, 0.1) is 5.92 Å². The predicted molar refractivity (Wildman–Crippen MR) is 125 cm³/mol. The minimum absolute atomic E-state index is 0.0511. The number of piperidine rings is 1. The van der Waals surface area contributed by atoms with Crippen molar-refractivity contribution < 1.29 is 23.8 Å². The summed E-state index contributed by atoms with van der Waals surface area (Å²) < 4.78 is 16.5. The molecule has 1 fully saturated rings. The number of ether oxygens (including phenoxy) is 3. The molecule has 3 aromatic rings. The Bertz CT molecular complexity index is 1210. The summed E-state index contributed by atoms with van der Waals surface area (Å²) in [6.45, 7) is 1.17. The molecule has 0 spiro atoms. The Morgan fingerprint density at radius 2 is 1.76 bits per heavy atom. The number of hydrogen-bond acceptors (Lipinski definition) is 5. The van der Waals surface area contributed by atoms with Gasteiger partial charge >= 0.3 is 0 Å². The largest absolute Gasteiger partial charge is 0.483 e. The molecule has 0 aromatic heterocycles. The lowest BCUT2D eigenvalue weighted by molar-refractivity contribution is -0.136. The maximum Gasteiger partial charge on any atom is 0.260 e. The highest BCUT2D eigenvalue weighted by molar-refractivity contribution is 6.35. The average molecular weight is 467 g/mol. The van der Waals surface area contributed by atoms with E-state index in [2.05, 4.69) is 5.32 Å². The summed E-state index contributed by atoms with van der Waals surface area (Å²) in [4.78, 5) is 27.1. The Kier molecular flexibility index (Phi) is 5.96. The quantitative estimate of drug-likeness (QED) is 0.600. The molecular formula is C25H23ClN2O5. The summed E-state index contributed by atoms with van der Waals surface area (Å²) in [5, 5.41) is 5.34. The van der Waals surface area contributed by atoms with Gasteiger partial charge in [-0.05, 0) is 37.1 Å². The number of nitrogens with one attached hydrogen (secondary N) is 1. The lowest BCUT2D eigenvalue weighted by Gasteiger charge is -2.31. The molecule has 0 bridgehead atoms. The van der Waals surface area contributed by atoms with Gasteiger partial charge in [-0.1, -0.05) is 35.9 Å². The molecule has 0 atom stereocenters. The molecule has 2 heterocycles. The number of nitrogens with zero attached hydrogens (tertiary/aromatic N) is 1. The van der Waals surface area contributed by atoms with Gasteiger partial charge in [0.2, 0.25) is 12.7 Å². The summed E-state index contributed by atoms with van der Waals surface area (Å²) in [6.07, 6.45) is 1.21. The van der Waals surface area contributed by atoms with Crippen LogP contribution in [0.4, 0.5) is 5.69 Å². The number of hydrogen-bond donors (Lipinski definition) is 1. The fourth-order valence-electron chi connectivity index (χ4n) is 4.20. The topological polar surface area (TPSA) is 77.1 Å². The Balaban J connectivity index is 1.13. The molecule has 1 saturated heterocycles.